The van der Waals surface area contributed by atoms with Crippen molar-refractivity contribution in [1.29, 1.82) is 0 Å². The normalized spacial score (nSPS) is 18.1. The number of carboxylic acid groups (broad SMARTS) is 1. The molecule has 0 aliphatic carbocycles. The Hall–Kier alpha value is -2.97. The summed E-state index contributed by atoms with van der Waals surface area (Å²) in [6.07, 6.45) is 3.54. The maximum Gasteiger partial charge on any atom is 0.290 e. The number of amides is 3. The Morgan fingerprint density at radius 1 is 1.36 bits per heavy atom. The van der Waals surface area contributed by atoms with Crippen LogP contribution in [0.1, 0.15) is 40.1 Å². The lowest BCUT2D eigenvalue weighted by Crippen LogP contribution is -2.44. The largest absolute Gasteiger partial charge is 0.483 e. The molecule has 0 unspecified atom stereocenters. The van der Waals surface area contributed by atoms with E-state index >= 15 is 0 Å². The van der Waals surface area contributed by atoms with Crippen molar-refractivity contribution in [2.45, 2.75) is 19.3 Å². The monoisotopic (exact) mass is 348 g/mol. The van der Waals surface area contributed by atoms with Gasteiger partial charge in [0.25, 0.3) is 18.3 Å². The van der Waals surface area contributed by atoms with E-state index < -0.39 is 5.91 Å². The molecule has 4 N–H and O–H groups in total. The summed E-state index contributed by atoms with van der Waals surface area (Å²) in [5.41, 5.74) is 5.50. The van der Waals surface area contributed by atoms with Crippen LogP contribution >= 0.6 is 0 Å². The highest BCUT2D eigenvalue weighted by Gasteiger charge is 2.41. The SMILES string of the molecule is NC(=O)c1ncccc1C(=O)N1CCC2(CC1)CNC(=O)C2.O=CO. The molecule has 2 fully saturated rings. The molecule has 0 radical (unpaired) electrons. The molecule has 3 rings (SSSR count). The molecule has 2 aliphatic heterocycles. The third-order valence-corrected chi connectivity index (χ3v) is 4.58. The molecule has 2 saturated heterocycles. The van der Waals surface area contributed by atoms with Gasteiger partial charge < -0.3 is 21.1 Å². The van der Waals surface area contributed by atoms with Gasteiger partial charge >= 0.3 is 0 Å². The molecule has 0 atom stereocenters. The van der Waals surface area contributed by atoms with Crippen molar-refractivity contribution in [3.63, 3.8) is 0 Å². The van der Waals surface area contributed by atoms with Crippen LogP contribution in [0.2, 0.25) is 0 Å². The molecule has 3 heterocycles. The lowest BCUT2D eigenvalue weighted by atomic mass is 9.77. The number of nitrogens with one attached hydrogen (secondary N) is 1. The van der Waals surface area contributed by atoms with E-state index in [4.69, 9.17) is 15.6 Å². The summed E-state index contributed by atoms with van der Waals surface area (Å²) in [4.78, 5) is 49.4. The molecule has 9 nitrogen and oxygen atoms in total. The first-order valence-corrected chi connectivity index (χ1v) is 7.81. The Kier molecular flexibility index (Phi) is 5.68. The van der Waals surface area contributed by atoms with Crippen LogP contribution < -0.4 is 11.1 Å². The summed E-state index contributed by atoms with van der Waals surface area (Å²) >= 11 is 0. The fourth-order valence-corrected chi connectivity index (χ4v) is 3.23. The zero-order valence-corrected chi connectivity index (χ0v) is 13.6. The van der Waals surface area contributed by atoms with Gasteiger partial charge in [-0.3, -0.25) is 24.2 Å². The van der Waals surface area contributed by atoms with Gasteiger partial charge in [-0.15, -0.1) is 0 Å². The van der Waals surface area contributed by atoms with Gasteiger partial charge in [-0.25, -0.2) is 0 Å². The number of likely N-dealkylation sites (tertiary alicyclic amines) is 1. The lowest BCUT2D eigenvalue weighted by Gasteiger charge is -2.38. The van der Waals surface area contributed by atoms with E-state index in [0.717, 1.165) is 12.8 Å². The molecule has 0 bridgehead atoms. The van der Waals surface area contributed by atoms with Crippen LogP contribution in [-0.4, -0.2) is 58.8 Å². The second kappa shape index (κ2) is 7.73. The van der Waals surface area contributed by atoms with Crippen LogP contribution in [0.3, 0.4) is 0 Å². The molecule has 2 aliphatic rings. The van der Waals surface area contributed by atoms with Gasteiger partial charge in [-0.2, -0.15) is 0 Å². The number of piperidine rings is 1. The van der Waals surface area contributed by atoms with Gasteiger partial charge in [0.1, 0.15) is 5.69 Å². The van der Waals surface area contributed by atoms with Crippen LogP contribution in [0.15, 0.2) is 18.3 Å². The van der Waals surface area contributed by atoms with E-state index in [1.807, 2.05) is 0 Å². The summed E-state index contributed by atoms with van der Waals surface area (Å²) in [6.45, 7) is 1.58. The molecular weight excluding hydrogens is 328 g/mol. The fourth-order valence-electron chi connectivity index (χ4n) is 3.23. The molecule has 9 heteroatoms. The Balaban J connectivity index is 0.000000701. The molecule has 1 spiro atoms. The van der Waals surface area contributed by atoms with Crippen molar-refractivity contribution in [3.8, 4) is 0 Å². The predicted octanol–water partition coefficient (Wildman–Crippen LogP) is -0.376. The van der Waals surface area contributed by atoms with E-state index in [9.17, 15) is 14.4 Å². The van der Waals surface area contributed by atoms with Gasteiger partial charge in [0.05, 0.1) is 5.56 Å². The number of carbonyl (C=O) groups excluding carboxylic acids is 3. The number of hydrogen-bond donors (Lipinski definition) is 3. The predicted molar refractivity (Wildman–Crippen MR) is 86.6 cm³/mol. The van der Waals surface area contributed by atoms with Crippen molar-refractivity contribution >= 4 is 24.2 Å². The lowest BCUT2D eigenvalue weighted by molar-refractivity contribution is -0.123. The number of carbonyl (C=O) groups is 4. The maximum atomic E-state index is 12.6. The van der Waals surface area contributed by atoms with E-state index in [1.54, 1.807) is 17.0 Å². The average Bonchev–Trinajstić information content (AvgIpc) is 2.96. The van der Waals surface area contributed by atoms with Crippen molar-refractivity contribution in [1.82, 2.24) is 15.2 Å². The molecule has 0 saturated carbocycles. The summed E-state index contributed by atoms with van der Waals surface area (Å²) in [5.74, 6) is -0.847. The topological polar surface area (TPSA) is 143 Å². The number of primary amides is 1. The second-order valence-electron chi connectivity index (χ2n) is 6.11. The third-order valence-electron chi connectivity index (χ3n) is 4.58. The molecule has 1 aromatic heterocycles. The Bertz CT molecular complexity index is 683. The second-order valence-corrected chi connectivity index (χ2v) is 6.11. The maximum absolute atomic E-state index is 12.6. The molecule has 3 amide bonds. The van der Waals surface area contributed by atoms with Crippen LogP contribution in [0.5, 0.6) is 0 Å². The van der Waals surface area contributed by atoms with Crippen molar-refractivity contribution in [3.05, 3.63) is 29.6 Å². The number of rotatable bonds is 2. The van der Waals surface area contributed by atoms with Crippen LogP contribution in [0.25, 0.3) is 0 Å². The number of nitrogens with two attached hydrogens (primary N) is 1. The smallest absolute Gasteiger partial charge is 0.290 e. The highest BCUT2D eigenvalue weighted by molar-refractivity contribution is 6.05. The minimum atomic E-state index is -0.706. The quantitative estimate of drug-likeness (QED) is 0.622. The zero-order valence-electron chi connectivity index (χ0n) is 13.6. The molecule has 1 aromatic rings. The molecular formula is C16H20N4O5. The standard InChI is InChI=1S/C15H18N4O3.CH2O2/c16-13(21)12-10(2-1-5-17-12)14(22)19-6-3-15(4-7-19)8-11(20)18-9-15;2-1-3/h1-2,5H,3-4,6-9H2,(H2,16,21)(H,18,20);1H,(H,2,3). The highest BCUT2D eigenvalue weighted by Crippen LogP contribution is 2.37. The Labute approximate surface area is 144 Å². The van der Waals surface area contributed by atoms with Crippen LogP contribution in [0.4, 0.5) is 0 Å². The summed E-state index contributed by atoms with van der Waals surface area (Å²) in [5, 5.41) is 9.76. The van der Waals surface area contributed by atoms with E-state index in [0.29, 0.717) is 26.1 Å². The molecule has 134 valence electrons. The van der Waals surface area contributed by atoms with E-state index in [-0.39, 0.29) is 35.0 Å². The van der Waals surface area contributed by atoms with Gasteiger partial charge in [0.15, 0.2) is 0 Å². The van der Waals surface area contributed by atoms with Crippen LogP contribution in [-0.2, 0) is 9.59 Å². The number of hydrogen-bond acceptors (Lipinski definition) is 5. The Morgan fingerprint density at radius 2 is 2.00 bits per heavy atom. The zero-order chi connectivity index (χ0) is 18.4. The number of nitrogens with zero attached hydrogens (tertiary/aromatic N) is 2. The van der Waals surface area contributed by atoms with Gasteiger partial charge in [-0.1, -0.05) is 0 Å². The molecule has 0 aromatic carbocycles. The summed E-state index contributed by atoms with van der Waals surface area (Å²) < 4.78 is 0. The van der Waals surface area contributed by atoms with Crippen molar-refractivity contribution < 1.29 is 24.3 Å². The van der Waals surface area contributed by atoms with Gasteiger partial charge in [0, 0.05) is 32.3 Å². The Morgan fingerprint density at radius 3 is 2.52 bits per heavy atom. The first kappa shape index (κ1) is 18.4. The summed E-state index contributed by atoms with van der Waals surface area (Å²) in [7, 11) is 0. The van der Waals surface area contributed by atoms with E-state index in [1.165, 1.54) is 6.20 Å². The average molecular weight is 348 g/mol. The van der Waals surface area contributed by atoms with Gasteiger partial charge in [-0.05, 0) is 30.4 Å². The number of aromatic nitrogens is 1. The van der Waals surface area contributed by atoms with Crippen molar-refractivity contribution in [2.75, 3.05) is 19.6 Å². The first-order valence-electron chi connectivity index (χ1n) is 7.81. The third kappa shape index (κ3) is 4.11. The van der Waals surface area contributed by atoms with E-state index in [2.05, 4.69) is 10.3 Å². The minimum absolute atomic E-state index is 0.00509. The van der Waals surface area contributed by atoms with Crippen LogP contribution in [0, 0.1) is 5.41 Å². The molecule has 25 heavy (non-hydrogen) atoms. The van der Waals surface area contributed by atoms with Crippen molar-refractivity contribution in [2.24, 2.45) is 11.1 Å². The fraction of sp³-hybridized carbons (Fsp3) is 0.438. The minimum Gasteiger partial charge on any atom is -0.483 e. The van der Waals surface area contributed by atoms with Gasteiger partial charge in [0.2, 0.25) is 5.91 Å². The summed E-state index contributed by atoms with van der Waals surface area (Å²) in [6, 6.07) is 3.19. The highest BCUT2D eigenvalue weighted by atomic mass is 16.3. The first-order chi connectivity index (χ1) is 11.9. The number of pyridine rings is 1.